The zero-order valence-electron chi connectivity index (χ0n) is 10.7. The van der Waals surface area contributed by atoms with E-state index in [0.717, 1.165) is 23.9 Å². The summed E-state index contributed by atoms with van der Waals surface area (Å²) in [6.45, 7) is 3.92. The lowest BCUT2D eigenvalue weighted by molar-refractivity contribution is 0.354. The van der Waals surface area contributed by atoms with E-state index in [1.165, 1.54) is 0 Å². The van der Waals surface area contributed by atoms with Crippen LogP contribution >= 0.6 is 15.9 Å². The Morgan fingerprint density at radius 1 is 1.32 bits per heavy atom. The third kappa shape index (κ3) is 4.81. The first kappa shape index (κ1) is 16.5. The average Bonchev–Trinajstić information content (AvgIpc) is 2.30. The molecule has 0 fully saturated rings. The van der Waals surface area contributed by atoms with Gasteiger partial charge in [-0.3, -0.25) is 0 Å². The van der Waals surface area contributed by atoms with E-state index in [9.17, 15) is 17.2 Å². The van der Waals surface area contributed by atoms with Crippen LogP contribution in [0.2, 0.25) is 0 Å². The molecule has 0 aromatic heterocycles. The Labute approximate surface area is 120 Å². The van der Waals surface area contributed by atoms with Crippen LogP contribution in [0.4, 0.5) is 8.78 Å². The van der Waals surface area contributed by atoms with Crippen LogP contribution in [-0.4, -0.2) is 20.3 Å². The minimum Gasteiger partial charge on any atom is -0.211 e. The smallest absolute Gasteiger partial charge is 0.211 e. The molecule has 0 unspecified atom stereocenters. The van der Waals surface area contributed by atoms with Crippen molar-refractivity contribution in [3.8, 4) is 0 Å². The second-order valence-electron chi connectivity index (χ2n) is 5.00. The maximum absolute atomic E-state index is 13.4. The van der Waals surface area contributed by atoms with Gasteiger partial charge >= 0.3 is 0 Å². The molecule has 3 nitrogen and oxygen atoms in total. The largest absolute Gasteiger partial charge is 0.243 e. The van der Waals surface area contributed by atoms with Gasteiger partial charge in [-0.2, -0.15) is 0 Å². The second-order valence-corrected chi connectivity index (χ2v) is 7.53. The summed E-state index contributed by atoms with van der Waals surface area (Å²) in [5.41, 5.74) is -0.277. The maximum Gasteiger partial charge on any atom is 0.243 e. The number of nitrogens with one attached hydrogen (secondary N) is 1. The maximum atomic E-state index is 13.4. The van der Waals surface area contributed by atoms with Gasteiger partial charge in [0.2, 0.25) is 10.0 Å². The Bertz CT molecular complexity index is 547. The normalized spacial score (nSPS) is 12.7. The Balaban J connectivity index is 2.90. The van der Waals surface area contributed by atoms with Crippen LogP contribution in [0.15, 0.2) is 23.1 Å². The van der Waals surface area contributed by atoms with Gasteiger partial charge in [0.15, 0.2) is 0 Å². The number of alkyl halides is 1. The van der Waals surface area contributed by atoms with Crippen LogP contribution < -0.4 is 4.72 Å². The molecule has 1 N–H and O–H groups in total. The molecule has 0 heterocycles. The van der Waals surface area contributed by atoms with Crippen molar-refractivity contribution >= 4 is 26.0 Å². The molecule has 7 heteroatoms. The number of hydrogen-bond donors (Lipinski definition) is 1. The fourth-order valence-corrected chi connectivity index (χ4v) is 3.80. The summed E-state index contributed by atoms with van der Waals surface area (Å²) in [6.07, 6.45) is 0.751. The van der Waals surface area contributed by atoms with Crippen molar-refractivity contribution in [2.45, 2.75) is 25.2 Å². The van der Waals surface area contributed by atoms with E-state index in [1.807, 2.05) is 13.8 Å². The molecule has 0 radical (unpaired) electrons. The van der Waals surface area contributed by atoms with Gasteiger partial charge < -0.3 is 0 Å². The molecule has 0 saturated carbocycles. The molecule has 0 amide bonds. The highest BCUT2D eigenvalue weighted by atomic mass is 79.9. The summed E-state index contributed by atoms with van der Waals surface area (Å²) < 4.78 is 52.6. The lowest BCUT2D eigenvalue weighted by Crippen LogP contribution is -2.34. The molecule has 0 spiro atoms. The highest BCUT2D eigenvalue weighted by Crippen LogP contribution is 2.22. The molecular formula is C12H16BrF2NO2S. The van der Waals surface area contributed by atoms with Crippen molar-refractivity contribution in [1.82, 2.24) is 4.72 Å². The van der Waals surface area contributed by atoms with E-state index in [1.54, 1.807) is 0 Å². The van der Waals surface area contributed by atoms with E-state index in [-0.39, 0.29) is 12.0 Å². The molecule has 1 aromatic rings. The Kier molecular flexibility index (Phi) is 5.46. The number of halogens is 3. The summed E-state index contributed by atoms with van der Waals surface area (Å²) in [7, 11) is -4.05. The van der Waals surface area contributed by atoms with E-state index in [2.05, 4.69) is 20.7 Å². The second kappa shape index (κ2) is 6.28. The molecule has 0 aliphatic rings. The lowest BCUT2D eigenvalue weighted by atomic mass is 9.91. The summed E-state index contributed by atoms with van der Waals surface area (Å²) >= 11 is 3.28. The zero-order chi connectivity index (χ0) is 14.7. The standard InChI is InChI=1S/C12H16BrF2NO2S/c1-12(2,5-6-13)8-16-19(17,18)11-7-9(14)3-4-10(11)15/h3-4,7,16H,5-6,8H2,1-2H3. The van der Waals surface area contributed by atoms with Gasteiger partial charge in [-0.05, 0) is 30.0 Å². The summed E-state index contributed by atoms with van der Waals surface area (Å²) in [4.78, 5) is -0.665. The van der Waals surface area contributed by atoms with Crippen molar-refractivity contribution in [3.63, 3.8) is 0 Å². The molecule has 19 heavy (non-hydrogen) atoms. The Hall–Kier alpha value is -0.530. The van der Waals surface area contributed by atoms with Crippen molar-refractivity contribution in [2.24, 2.45) is 5.41 Å². The number of benzene rings is 1. The monoisotopic (exact) mass is 355 g/mol. The van der Waals surface area contributed by atoms with Gasteiger partial charge in [0, 0.05) is 11.9 Å². The Morgan fingerprint density at radius 2 is 1.95 bits per heavy atom. The first-order valence-corrected chi connectivity index (χ1v) is 8.29. The van der Waals surface area contributed by atoms with Crippen LogP contribution in [0.5, 0.6) is 0 Å². The highest BCUT2D eigenvalue weighted by molar-refractivity contribution is 9.09. The van der Waals surface area contributed by atoms with Gasteiger partial charge in [-0.15, -0.1) is 0 Å². The van der Waals surface area contributed by atoms with Crippen molar-refractivity contribution in [3.05, 3.63) is 29.8 Å². The average molecular weight is 356 g/mol. The SMILES string of the molecule is CC(C)(CCBr)CNS(=O)(=O)c1cc(F)ccc1F. The molecule has 0 aliphatic carbocycles. The molecule has 0 saturated heterocycles. The predicted molar refractivity (Wildman–Crippen MR) is 73.7 cm³/mol. The van der Waals surface area contributed by atoms with Crippen LogP contribution in [0, 0.1) is 17.0 Å². The number of rotatable bonds is 6. The van der Waals surface area contributed by atoms with Crippen molar-refractivity contribution < 1.29 is 17.2 Å². The third-order valence-corrected chi connectivity index (χ3v) is 4.51. The quantitative estimate of drug-likeness (QED) is 0.797. The fourth-order valence-electron chi connectivity index (χ4n) is 1.40. The number of hydrogen-bond acceptors (Lipinski definition) is 2. The number of sulfonamides is 1. The first-order valence-electron chi connectivity index (χ1n) is 5.69. The summed E-state index contributed by atoms with van der Waals surface area (Å²) in [6, 6.07) is 2.35. The van der Waals surface area contributed by atoms with Crippen LogP contribution in [0.25, 0.3) is 0 Å². The van der Waals surface area contributed by atoms with Crippen molar-refractivity contribution in [2.75, 3.05) is 11.9 Å². The van der Waals surface area contributed by atoms with E-state index in [0.29, 0.717) is 6.07 Å². The minimum absolute atomic E-state index is 0.150. The third-order valence-electron chi connectivity index (χ3n) is 2.69. The summed E-state index contributed by atoms with van der Waals surface area (Å²) in [5.74, 6) is -1.76. The predicted octanol–water partition coefficient (Wildman–Crippen LogP) is 3.05. The van der Waals surface area contributed by atoms with E-state index < -0.39 is 26.6 Å². The highest BCUT2D eigenvalue weighted by Gasteiger charge is 2.24. The van der Waals surface area contributed by atoms with Gasteiger partial charge in [-0.1, -0.05) is 29.8 Å². The first-order chi connectivity index (χ1) is 8.68. The fraction of sp³-hybridized carbons (Fsp3) is 0.500. The topological polar surface area (TPSA) is 46.2 Å². The molecule has 0 aliphatic heterocycles. The van der Waals surface area contributed by atoms with Crippen molar-refractivity contribution in [1.29, 1.82) is 0 Å². The lowest BCUT2D eigenvalue weighted by Gasteiger charge is -2.23. The van der Waals surface area contributed by atoms with Gasteiger partial charge in [0.05, 0.1) is 0 Å². The molecule has 1 aromatic carbocycles. The molecule has 0 atom stereocenters. The van der Waals surface area contributed by atoms with E-state index >= 15 is 0 Å². The summed E-state index contributed by atoms with van der Waals surface area (Å²) in [5, 5.41) is 0.732. The Morgan fingerprint density at radius 3 is 2.53 bits per heavy atom. The molecule has 1 rings (SSSR count). The molecule has 108 valence electrons. The molecule has 0 bridgehead atoms. The van der Waals surface area contributed by atoms with E-state index in [4.69, 9.17) is 0 Å². The van der Waals surface area contributed by atoms with Crippen LogP contribution in [-0.2, 0) is 10.0 Å². The minimum atomic E-state index is -4.05. The van der Waals surface area contributed by atoms with Crippen LogP contribution in [0.1, 0.15) is 20.3 Å². The zero-order valence-corrected chi connectivity index (χ0v) is 13.1. The van der Waals surface area contributed by atoms with Crippen LogP contribution in [0.3, 0.4) is 0 Å². The van der Waals surface area contributed by atoms with Gasteiger partial charge in [-0.25, -0.2) is 21.9 Å². The molecular weight excluding hydrogens is 340 g/mol. The van der Waals surface area contributed by atoms with Gasteiger partial charge in [0.1, 0.15) is 16.5 Å². The van der Waals surface area contributed by atoms with Gasteiger partial charge in [0.25, 0.3) is 0 Å².